The topological polar surface area (TPSA) is 30.7 Å². The molecule has 0 aliphatic carbocycles. The first-order valence-corrected chi connectivity index (χ1v) is 8.77. The van der Waals surface area contributed by atoms with Crippen LogP contribution in [-0.2, 0) is 0 Å². The third-order valence-electron chi connectivity index (χ3n) is 4.87. The van der Waals surface area contributed by atoms with Crippen LogP contribution in [0.5, 0.6) is 0 Å². The van der Waals surface area contributed by atoms with Crippen LogP contribution in [0.4, 0.5) is 0 Å². The molecule has 0 N–H and O–H groups in total. The fourth-order valence-electron chi connectivity index (χ4n) is 3.27. The average molecular weight is 339 g/mol. The molecule has 2 aromatic heterocycles. The zero-order chi connectivity index (χ0) is 18.1. The first kappa shape index (κ1) is 16.3. The SMILES string of the molecule is Cc1ccc(-c2ccnc(-n3ccnc3C)c2-c2ccccc2)cc1C. The zero-order valence-corrected chi connectivity index (χ0v) is 15.3. The Bertz CT molecular complexity index is 1060. The second kappa shape index (κ2) is 6.60. The van der Waals surface area contributed by atoms with Gasteiger partial charge in [0, 0.05) is 24.2 Å². The van der Waals surface area contributed by atoms with Gasteiger partial charge in [-0.15, -0.1) is 0 Å². The smallest absolute Gasteiger partial charge is 0.146 e. The summed E-state index contributed by atoms with van der Waals surface area (Å²) >= 11 is 0. The molecule has 0 saturated heterocycles. The molecule has 3 heteroatoms. The molecular weight excluding hydrogens is 318 g/mol. The highest BCUT2D eigenvalue weighted by atomic mass is 15.1. The fourth-order valence-corrected chi connectivity index (χ4v) is 3.27. The van der Waals surface area contributed by atoms with Gasteiger partial charge in [-0.2, -0.15) is 0 Å². The highest BCUT2D eigenvalue weighted by molar-refractivity contribution is 5.88. The minimum Gasteiger partial charge on any atom is -0.288 e. The fraction of sp³-hybridized carbons (Fsp3) is 0.130. The molecule has 0 unspecified atom stereocenters. The Hall–Kier alpha value is -3.20. The summed E-state index contributed by atoms with van der Waals surface area (Å²) in [5.41, 5.74) is 7.24. The summed E-state index contributed by atoms with van der Waals surface area (Å²) in [5, 5.41) is 0. The molecule has 0 atom stereocenters. The first-order chi connectivity index (χ1) is 12.6. The molecule has 0 radical (unpaired) electrons. The number of imidazole rings is 1. The molecular formula is C23H21N3. The summed E-state index contributed by atoms with van der Waals surface area (Å²) in [6.45, 7) is 6.30. The largest absolute Gasteiger partial charge is 0.288 e. The van der Waals surface area contributed by atoms with Crippen LogP contribution >= 0.6 is 0 Å². The van der Waals surface area contributed by atoms with Crippen LogP contribution in [0.25, 0.3) is 28.1 Å². The third-order valence-corrected chi connectivity index (χ3v) is 4.87. The van der Waals surface area contributed by atoms with E-state index in [-0.39, 0.29) is 0 Å². The number of pyridine rings is 1. The maximum absolute atomic E-state index is 4.71. The lowest BCUT2D eigenvalue weighted by atomic mass is 9.93. The molecule has 0 spiro atoms. The average Bonchev–Trinajstić information content (AvgIpc) is 3.10. The quantitative estimate of drug-likeness (QED) is 0.491. The number of nitrogens with zero attached hydrogens (tertiary/aromatic N) is 3. The lowest BCUT2D eigenvalue weighted by Crippen LogP contribution is -2.03. The van der Waals surface area contributed by atoms with E-state index in [1.165, 1.54) is 22.3 Å². The van der Waals surface area contributed by atoms with Gasteiger partial charge in [0.2, 0.25) is 0 Å². The van der Waals surface area contributed by atoms with E-state index in [1.54, 1.807) is 0 Å². The second-order valence-electron chi connectivity index (χ2n) is 6.57. The summed E-state index contributed by atoms with van der Waals surface area (Å²) in [7, 11) is 0. The van der Waals surface area contributed by atoms with Gasteiger partial charge in [0.05, 0.1) is 0 Å². The number of hydrogen-bond acceptors (Lipinski definition) is 2. The van der Waals surface area contributed by atoms with Crippen LogP contribution in [0.15, 0.2) is 73.2 Å². The Labute approximate surface area is 154 Å². The maximum Gasteiger partial charge on any atom is 0.146 e. The molecule has 0 amide bonds. The van der Waals surface area contributed by atoms with Crippen LogP contribution in [0, 0.1) is 20.8 Å². The number of rotatable bonds is 3. The minimum atomic E-state index is 0.905. The highest BCUT2D eigenvalue weighted by Gasteiger charge is 2.16. The van der Waals surface area contributed by atoms with E-state index >= 15 is 0 Å². The Balaban J connectivity index is 2.03. The van der Waals surface area contributed by atoms with Gasteiger partial charge in [0.1, 0.15) is 11.6 Å². The third kappa shape index (κ3) is 2.82. The number of benzene rings is 2. The second-order valence-corrected chi connectivity index (χ2v) is 6.57. The summed E-state index contributed by atoms with van der Waals surface area (Å²) in [6, 6.07) is 19.2. The van der Waals surface area contributed by atoms with Crippen molar-refractivity contribution in [3.63, 3.8) is 0 Å². The molecule has 0 aliphatic rings. The molecule has 0 bridgehead atoms. The normalized spacial score (nSPS) is 10.9. The van der Waals surface area contributed by atoms with Crippen molar-refractivity contribution in [1.29, 1.82) is 0 Å². The minimum absolute atomic E-state index is 0.905. The molecule has 2 heterocycles. The van der Waals surface area contributed by atoms with Gasteiger partial charge < -0.3 is 0 Å². The van der Waals surface area contributed by atoms with Crippen molar-refractivity contribution < 1.29 is 0 Å². The molecule has 4 rings (SSSR count). The van der Waals surface area contributed by atoms with Crippen molar-refractivity contribution in [3.8, 4) is 28.1 Å². The number of aryl methyl sites for hydroxylation is 3. The summed E-state index contributed by atoms with van der Waals surface area (Å²) in [4.78, 5) is 9.09. The summed E-state index contributed by atoms with van der Waals surface area (Å²) in [6.07, 6.45) is 5.66. The Kier molecular flexibility index (Phi) is 4.13. The van der Waals surface area contributed by atoms with Crippen molar-refractivity contribution in [2.75, 3.05) is 0 Å². The molecule has 26 heavy (non-hydrogen) atoms. The van der Waals surface area contributed by atoms with E-state index < -0.39 is 0 Å². The van der Waals surface area contributed by atoms with Crippen molar-refractivity contribution in [2.24, 2.45) is 0 Å². The van der Waals surface area contributed by atoms with Crippen LogP contribution in [0.2, 0.25) is 0 Å². The monoisotopic (exact) mass is 339 g/mol. The van der Waals surface area contributed by atoms with Gasteiger partial charge in [0.25, 0.3) is 0 Å². The van der Waals surface area contributed by atoms with E-state index in [1.807, 2.05) is 36.1 Å². The van der Waals surface area contributed by atoms with Gasteiger partial charge in [-0.25, -0.2) is 9.97 Å². The van der Waals surface area contributed by atoms with Crippen molar-refractivity contribution >= 4 is 0 Å². The van der Waals surface area contributed by atoms with Crippen molar-refractivity contribution in [1.82, 2.24) is 14.5 Å². The first-order valence-electron chi connectivity index (χ1n) is 8.77. The molecule has 2 aromatic carbocycles. The van der Waals surface area contributed by atoms with E-state index in [4.69, 9.17) is 4.98 Å². The van der Waals surface area contributed by atoms with Crippen molar-refractivity contribution in [3.05, 3.63) is 90.1 Å². The van der Waals surface area contributed by atoms with Gasteiger partial charge in [-0.3, -0.25) is 4.57 Å². The summed E-state index contributed by atoms with van der Waals surface area (Å²) < 4.78 is 2.05. The molecule has 0 saturated carbocycles. The van der Waals surface area contributed by atoms with E-state index in [9.17, 15) is 0 Å². The zero-order valence-electron chi connectivity index (χ0n) is 15.3. The molecule has 4 aromatic rings. The van der Waals surface area contributed by atoms with E-state index in [0.29, 0.717) is 0 Å². The molecule has 0 aliphatic heterocycles. The van der Waals surface area contributed by atoms with Gasteiger partial charge in [-0.1, -0.05) is 48.5 Å². The number of hydrogen-bond donors (Lipinski definition) is 0. The van der Waals surface area contributed by atoms with Crippen LogP contribution < -0.4 is 0 Å². The standard InChI is InChI=1S/C23H21N3/c1-16-9-10-20(15-17(16)2)21-11-12-25-23(26-14-13-24-18(26)3)22(21)19-7-5-4-6-8-19/h4-15H,1-3H3. The summed E-state index contributed by atoms with van der Waals surface area (Å²) in [5.74, 6) is 1.83. The Morgan fingerprint density at radius 3 is 2.23 bits per heavy atom. The predicted molar refractivity (Wildman–Crippen MR) is 106 cm³/mol. The number of aromatic nitrogens is 3. The Morgan fingerprint density at radius 2 is 1.54 bits per heavy atom. The van der Waals surface area contributed by atoms with E-state index in [2.05, 4.69) is 67.4 Å². The lowest BCUT2D eigenvalue weighted by Gasteiger charge is -2.16. The maximum atomic E-state index is 4.71. The highest BCUT2D eigenvalue weighted by Crippen LogP contribution is 2.36. The van der Waals surface area contributed by atoms with Gasteiger partial charge in [0.15, 0.2) is 0 Å². The van der Waals surface area contributed by atoms with Crippen LogP contribution in [0.1, 0.15) is 17.0 Å². The lowest BCUT2D eigenvalue weighted by molar-refractivity contribution is 0.935. The predicted octanol–water partition coefficient (Wildman–Crippen LogP) is 5.53. The van der Waals surface area contributed by atoms with Crippen molar-refractivity contribution in [2.45, 2.75) is 20.8 Å². The molecule has 128 valence electrons. The van der Waals surface area contributed by atoms with Gasteiger partial charge in [-0.05, 0) is 54.7 Å². The molecule has 0 fully saturated rings. The van der Waals surface area contributed by atoms with Crippen LogP contribution in [-0.4, -0.2) is 14.5 Å². The van der Waals surface area contributed by atoms with Crippen LogP contribution in [0.3, 0.4) is 0 Å². The van der Waals surface area contributed by atoms with E-state index in [0.717, 1.165) is 22.8 Å². The Morgan fingerprint density at radius 1 is 0.731 bits per heavy atom. The van der Waals surface area contributed by atoms with Gasteiger partial charge >= 0.3 is 0 Å². The molecule has 3 nitrogen and oxygen atoms in total.